The molecule has 1 aliphatic heterocycles. The molecule has 1 heterocycles. The summed E-state index contributed by atoms with van der Waals surface area (Å²) in [4.78, 5) is 13.7. The number of carbonyl (C=O) groups excluding carboxylic acids is 1. The van der Waals surface area contributed by atoms with Gasteiger partial charge in [-0.25, -0.2) is 0 Å². The minimum absolute atomic E-state index is 0. The monoisotopic (exact) mass is 352 g/mol. The average Bonchev–Trinajstić information content (AvgIpc) is 2.52. The molecule has 1 aromatic carbocycles. The molecule has 23 heavy (non-hydrogen) atoms. The Hall–Kier alpha value is -1.47. The van der Waals surface area contributed by atoms with Crippen molar-refractivity contribution < 1.29 is 22.7 Å². The van der Waals surface area contributed by atoms with Crippen LogP contribution in [0.4, 0.5) is 13.2 Å². The van der Waals surface area contributed by atoms with E-state index in [2.05, 4.69) is 5.32 Å². The highest BCUT2D eigenvalue weighted by Gasteiger charge is 2.34. The van der Waals surface area contributed by atoms with Crippen molar-refractivity contribution in [3.05, 3.63) is 29.8 Å². The molecule has 0 aromatic heterocycles. The van der Waals surface area contributed by atoms with E-state index < -0.39 is 11.7 Å². The van der Waals surface area contributed by atoms with Crippen molar-refractivity contribution in [1.82, 2.24) is 10.2 Å². The van der Waals surface area contributed by atoms with Crippen LogP contribution in [0.2, 0.25) is 0 Å². The molecule has 1 unspecified atom stereocenters. The molecule has 4 nitrogen and oxygen atoms in total. The molecule has 0 bridgehead atoms. The number of hydrogen-bond acceptors (Lipinski definition) is 3. The third-order valence-corrected chi connectivity index (χ3v) is 3.73. The standard InChI is InChI=1S/C15H19F3N2O2.ClH/c1-19-11-5-4-8-20(9-11)14(21)10-22-13-7-3-2-6-12(13)15(16,17)18;/h2-3,6-7,11,19H,4-5,8-10H2,1H3;1H. The van der Waals surface area contributed by atoms with Crippen LogP contribution in [0.25, 0.3) is 0 Å². The van der Waals surface area contributed by atoms with E-state index in [1.807, 2.05) is 7.05 Å². The first-order chi connectivity index (χ1) is 10.4. The zero-order valence-corrected chi connectivity index (χ0v) is 13.5. The number of para-hydroxylation sites is 1. The van der Waals surface area contributed by atoms with E-state index in [0.29, 0.717) is 13.1 Å². The van der Waals surface area contributed by atoms with E-state index in [1.165, 1.54) is 18.2 Å². The minimum atomic E-state index is -4.50. The summed E-state index contributed by atoms with van der Waals surface area (Å²) in [7, 11) is 1.83. The van der Waals surface area contributed by atoms with Crippen LogP contribution in [0, 0.1) is 0 Å². The largest absolute Gasteiger partial charge is 0.483 e. The second kappa shape index (κ2) is 8.40. The number of hydrogen-bond donors (Lipinski definition) is 1. The first-order valence-electron chi connectivity index (χ1n) is 7.16. The number of benzene rings is 1. The lowest BCUT2D eigenvalue weighted by Crippen LogP contribution is -2.48. The van der Waals surface area contributed by atoms with E-state index in [0.717, 1.165) is 18.9 Å². The average molecular weight is 353 g/mol. The lowest BCUT2D eigenvalue weighted by atomic mass is 10.1. The minimum Gasteiger partial charge on any atom is -0.483 e. The highest BCUT2D eigenvalue weighted by atomic mass is 35.5. The number of halogens is 4. The van der Waals surface area contributed by atoms with Gasteiger partial charge in [0.05, 0.1) is 5.56 Å². The lowest BCUT2D eigenvalue weighted by molar-refractivity contribution is -0.141. The van der Waals surface area contributed by atoms with E-state index in [4.69, 9.17) is 4.74 Å². The number of amides is 1. The maximum absolute atomic E-state index is 12.8. The smallest absolute Gasteiger partial charge is 0.419 e. The lowest BCUT2D eigenvalue weighted by Gasteiger charge is -2.32. The number of likely N-dealkylation sites (tertiary alicyclic amines) is 1. The van der Waals surface area contributed by atoms with Gasteiger partial charge in [0.15, 0.2) is 6.61 Å². The van der Waals surface area contributed by atoms with Crippen molar-refractivity contribution in [2.24, 2.45) is 0 Å². The second-order valence-corrected chi connectivity index (χ2v) is 5.25. The number of nitrogens with zero attached hydrogens (tertiary/aromatic N) is 1. The van der Waals surface area contributed by atoms with Crippen LogP contribution in [-0.2, 0) is 11.0 Å². The summed E-state index contributed by atoms with van der Waals surface area (Å²) < 4.78 is 43.6. The summed E-state index contributed by atoms with van der Waals surface area (Å²) in [5, 5.41) is 3.11. The fraction of sp³-hybridized carbons (Fsp3) is 0.533. The molecule has 8 heteroatoms. The molecule has 2 rings (SSSR count). The Morgan fingerprint density at radius 1 is 1.39 bits per heavy atom. The summed E-state index contributed by atoms with van der Waals surface area (Å²) in [5.41, 5.74) is -0.866. The molecule has 1 atom stereocenters. The second-order valence-electron chi connectivity index (χ2n) is 5.25. The number of likely N-dealkylation sites (N-methyl/N-ethyl adjacent to an activating group) is 1. The van der Waals surface area contributed by atoms with Crippen molar-refractivity contribution in [2.45, 2.75) is 25.1 Å². The van der Waals surface area contributed by atoms with Gasteiger partial charge in [0.1, 0.15) is 5.75 Å². The molecule has 1 N–H and O–H groups in total. The van der Waals surface area contributed by atoms with Crippen molar-refractivity contribution in [2.75, 3.05) is 26.7 Å². The van der Waals surface area contributed by atoms with Gasteiger partial charge in [0.25, 0.3) is 5.91 Å². The number of rotatable bonds is 4. The Morgan fingerprint density at radius 3 is 2.74 bits per heavy atom. The number of alkyl halides is 3. The van der Waals surface area contributed by atoms with Gasteiger partial charge in [-0.2, -0.15) is 13.2 Å². The fourth-order valence-corrected chi connectivity index (χ4v) is 2.50. The van der Waals surface area contributed by atoms with Gasteiger partial charge in [-0.1, -0.05) is 12.1 Å². The number of piperidine rings is 1. The summed E-state index contributed by atoms with van der Waals surface area (Å²) >= 11 is 0. The van der Waals surface area contributed by atoms with Crippen molar-refractivity contribution in [3.63, 3.8) is 0 Å². The zero-order chi connectivity index (χ0) is 16.2. The molecular weight excluding hydrogens is 333 g/mol. The maximum atomic E-state index is 12.8. The Morgan fingerprint density at radius 2 is 2.09 bits per heavy atom. The van der Waals surface area contributed by atoms with Gasteiger partial charge in [-0.05, 0) is 32.0 Å². The topological polar surface area (TPSA) is 41.6 Å². The highest BCUT2D eigenvalue weighted by molar-refractivity contribution is 5.85. The number of nitrogens with one attached hydrogen (secondary N) is 1. The Kier molecular flexibility index (Phi) is 7.15. The quantitative estimate of drug-likeness (QED) is 0.906. The third-order valence-electron chi connectivity index (χ3n) is 3.73. The summed E-state index contributed by atoms with van der Waals surface area (Å²) in [6.07, 6.45) is -2.64. The summed E-state index contributed by atoms with van der Waals surface area (Å²) in [5.74, 6) is -0.609. The van der Waals surface area contributed by atoms with E-state index in [1.54, 1.807) is 4.90 Å². The molecule has 1 aliphatic rings. The fourth-order valence-electron chi connectivity index (χ4n) is 2.50. The van der Waals surface area contributed by atoms with Crippen molar-refractivity contribution in [1.29, 1.82) is 0 Å². The first-order valence-corrected chi connectivity index (χ1v) is 7.16. The van der Waals surface area contributed by atoms with Crippen LogP contribution in [0.3, 0.4) is 0 Å². The Balaban J connectivity index is 0.00000264. The van der Waals surface area contributed by atoms with Gasteiger partial charge in [0.2, 0.25) is 0 Å². The normalized spacial score (nSPS) is 18.3. The van der Waals surface area contributed by atoms with Gasteiger partial charge < -0.3 is 15.0 Å². The van der Waals surface area contributed by atoms with Crippen LogP contribution >= 0.6 is 12.4 Å². The van der Waals surface area contributed by atoms with Crippen LogP contribution in [0.15, 0.2) is 24.3 Å². The van der Waals surface area contributed by atoms with Gasteiger partial charge in [0, 0.05) is 19.1 Å². The van der Waals surface area contributed by atoms with Crippen LogP contribution in [0.5, 0.6) is 5.75 Å². The van der Waals surface area contributed by atoms with E-state index in [-0.39, 0.29) is 36.7 Å². The molecule has 0 spiro atoms. The predicted molar refractivity (Wildman–Crippen MR) is 82.8 cm³/mol. The van der Waals surface area contributed by atoms with Crippen LogP contribution < -0.4 is 10.1 Å². The van der Waals surface area contributed by atoms with E-state index in [9.17, 15) is 18.0 Å². The van der Waals surface area contributed by atoms with Crippen LogP contribution in [-0.4, -0.2) is 43.6 Å². The van der Waals surface area contributed by atoms with Crippen molar-refractivity contribution in [3.8, 4) is 5.75 Å². The van der Waals surface area contributed by atoms with E-state index >= 15 is 0 Å². The highest BCUT2D eigenvalue weighted by Crippen LogP contribution is 2.35. The van der Waals surface area contributed by atoms with Crippen molar-refractivity contribution >= 4 is 18.3 Å². The first kappa shape index (κ1) is 19.6. The molecule has 0 radical (unpaired) electrons. The SMILES string of the molecule is CNC1CCCN(C(=O)COc2ccccc2C(F)(F)F)C1.Cl. The van der Waals surface area contributed by atoms with Gasteiger partial charge >= 0.3 is 6.18 Å². The molecular formula is C15H20ClF3N2O2. The zero-order valence-electron chi connectivity index (χ0n) is 12.7. The molecule has 0 aliphatic carbocycles. The maximum Gasteiger partial charge on any atom is 0.419 e. The Bertz CT molecular complexity index is 526. The van der Waals surface area contributed by atoms with Crippen LogP contribution in [0.1, 0.15) is 18.4 Å². The summed E-state index contributed by atoms with van der Waals surface area (Å²) in [6, 6.07) is 5.13. The molecule has 1 fully saturated rings. The third kappa shape index (κ3) is 5.28. The number of carbonyl (C=O) groups is 1. The summed E-state index contributed by atoms with van der Waals surface area (Å²) in [6.45, 7) is 0.782. The number of ether oxygens (including phenoxy) is 1. The molecule has 1 saturated heterocycles. The van der Waals surface area contributed by atoms with Gasteiger partial charge in [-0.3, -0.25) is 4.79 Å². The molecule has 1 aromatic rings. The Labute approximate surface area is 139 Å². The predicted octanol–water partition coefficient (Wildman–Crippen LogP) is 2.72. The molecule has 1 amide bonds. The van der Waals surface area contributed by atoms with Gasteiger partial charge in [-0.15, -0.1) is 12.4 Å². The molecule has 130 valence electrons. The molecule has 0 saturated carbocycles.